The van der Waals surface area contributed by atoms with E-state index in [9.17, 15) is 0 Å². The van der Waals surface area contributed by atoms with Crippen molar-refractivity contribution in [2.45, 2.75) is 314 Å². The van der Waals surface area contributed by atoms with Gasteiger partial charge >= 0.3 is 8.25 Å². The lowest BCUT2D eigenvalue weighted by molar-refractivity contribution is -0.0515. The molecule has 384 valence electrons. The van der Waals surface area contributed by atoms with Gasteiger partial charge in [-0.15, -0.1) is 0 Å². The monoisotopic (exact) mass is 924 g/mol. The highest BCUT2D eigenvalue weighted by molar-refractivity contribution is 7.33. The first-order valence-electron chi connectivity index (χ1n) is 29.3. The Balaban J connectivity index is 7.40. The molecule has 2 N–H and O–H groups in total. The van der Waals surface area contributed by atoms with Crippen molar-refractivity contribution < 1.29 is 13.6 Å². The van der Waals surface area contributed by atoms with E-state index in [2.05, 4.69) is 108 Å². The van der Waals surface area contributed by atoms with Crippen molar-refractivity contribution in [3.8, 4) is 0 Å². The van der Waals surface area contributed by atoms with Crippen molar-refractivity contribution in [2.75, 3.05) is 13.1 Å². The van der Waals surface area contributed by atoms with Crippen molar-refractivity contribution >= 4 is 8.25 Å². The van der Waals surface area contributed by atoms with Gasteiger partial charge in [0, 0.05) is 17.7 Å². The number of nitrogens with one attached hydrogen (secondary N) is 2. The average Bonchev–Trinajstić information content (AvgIpc) is 3.31. The van der Waals surface area contributed by atoms with Gasteiger partial charge in [-0.2, -0.15) is 0 Å². The van der Waals surface area contributed by atoms with Crippen LogP contribution in [0.2, 0.25) is 0 Å². The number of hydrogen-bond acceptors (Lipinski definition) is 5. The van der Waals surface area contributed by atoms with Crippen molar-refractivity contribution in [2.24, 2.45) is 47.3 Å². The van der Waals surface area contributed by atoms with Crippen LogP contribution in [0.1, 0.15) is 302 Å². The Bertz CT molecular complexity index is 931. The summed E-state index contributed by atoms with van der Waals surface area (Å²) >= 11 is 0. The molecular formula is C58H120N2O3P+. The lowest BCUT2D eigenvalue weighted by atomic mass is 9.77. The van der Waals surface area contributed by atoms with Crippen LogP contribution in [0.15, 0.2) is 0 Å². The summed E-state index contributed by atoms with van der Waals surface area (Å²) in [5.41, 5.74) is -1.40. The molecule has 0 bridgehead atoms. The van der Waals surface area contributed by atoms with Crippen LogP contribution in [0.25, 0.3) is 0 Å². The molecule has 0 aliphatic carbocycles. The fraction of sp³-hybridized carbons (Fsp3) is 1.00. The van der Waals surface area contributed by atoms with Gasteiger partial charge in [-0.05, 0) is 112 Å². The molecule has 6 heteroatoms. The largest absolute Gasteiger partial charge is 0.701 e. The maximum Gasteiger partial charge on any atom is 0.701 e. The normalized spacial score (nSPS) is 18.1. The Hall–Kier alpha value is -0.0600. The first-order valence-corrected chi connectivity index (χ1v) is 30.4. The number of rotatable bonds is 48. The molecular weight excluding hydrogens is 804 g/mol. The maximum absolute atomic E-state index is 15.2. The molecule has 64 heavy (non-hydrogen) atoms. The second-order valence-corrected chi connectivity index (χ2v) is 22.3. The molecule has 5 nitrogen and oxygen atoms in total. The van der Waals surface area contributed by atoms with E-state index in [0.29, 0.717) is 23.7 Å². The molecule has 0 heterocycles. The molecule has 0 aromatic rings. The predicted octanol–water partition coefficient (Wildman–Crippen LogP) is 19.9. The SMILES string of the molecule is CCCCC(CC)CNC(CC)(CC(CC(CC)CCCC)CC(CC)CCCC)O[P+](=O)OC(CC)(CC(CC(CC)CCCC)CC(CC)CCCC)NCC(CC)CCCC. The maximum atomic E-state index is 15.2. The lowest BCUT2D eigenvalue weighted by Gasteiger charge is -2.37. The van der Waals surface area contributed by atoms with Crippen LogP contribution in [-0.4, -0.2) is 24.5 Å². The molecule has 0 fully saturated rings. The highest BCUT2D eigenvalue weighted by Gasteiger charge is 2.49. The molecule has 0 aliphatic rings. The summed E-state index contributed by atoms with van der Waals surface area (Å²) in [5.74, 6) is 5.09. The Morgan fingerprint density at radius 1 is 0.359 bits per heavy atom. The number of unbranched alkanes of at least 4 members (excludes halogenated alkanes) is 6. The molecule has 0 aliphatic heterocycles. The highest BCUT2D eigenvalue weighted by atomic mass is 31.1. The predicted molar refractivity (Wildman–Crippen MR) is 286 cm³/mol. The minimum atomic E-state index is -2.43. The van der Waals surface area contributed by atoms with Gasteiger partial charge in [0.25, 0.3) is 0 Å². The summed E-state index contributed by atoms with van der Waals surface area (Å²) in [7, 11) is -2.43. The van der Waals surface area contributed by atoms with Gasteiger partial charge in [-0.1, -0.05) is 247 Å². The summed E-state index contributed by atoms with van der Waals surface area (Å²) in [6, 6.07) is 0. The van der Waals surface area contributed by atoms with Gasteiger partial charge in [0.15, 0.2) is 11.4 Å². The summed E-state index contributed by atoms with van der Waals surface area (Å²) in [6.07, 6.45) is 38.5. The first-order chi connectivity index (χ1) is 30.9. The molecule has 0 rings (SSSR count). The molecule has 0 radical (unpaired) electrons. The lowest BCUT2D eigenvalue weighted by Crippen LogP contribution is -2.51. The van der Waals surface area contributed by atoms with E-state index >= 15 is 4.57 Å². The molecule has 0 saturated carbocycles. The zero-order valence-electron chi connectivity index (χ0n) is 46.3. The summed E-state index contributed by atoms with van der Waals surface area (Å²) in [6.45, 7) is 34.7. The zero-order chi connectivity index (χ0) is 48.1. The van der Waals surface area contributed by atoms with Crippen molar-refractivity contribution in [1.82, 2.24) is 10.6 Å². The molecule has 0 aromatic carbocycles. The third-order valence-electron chi connectivity index (χ3n) is 16.2. The fourth-order valence-electron chi connectivity index (χ4n) is 11.1. The van der Waals surface area contributed by atoms with E-state index in [4.69, 9.17) is 9.05 Å². The van der Waals surface area contributed by atoms with Crippen molar-refractivity contribution in [3.05, 3.63) is 0 Å². The topological polar surface area (TPSA) is 59.6 Å². The van der Waals surface area contributed by atoms with E-state index in [0.717, 1.165) is 75.3 Å². The van der Waals surface area contributed by atoms with Crippen LogP contribution in [-0.2, 0) is 13.6 Å². The van der Waals surface area contributed by atoms with E-state index < -0.39 is 19.7 Å². The molecule has 0 saturated heterocycles. The van der Waals surface area contributed by atoms with Crippen molar-refractivity contribution in [1.29, 1.82) is 0 Å². The van der Waals surface area contributed by atoms with Crippen LogP contribution < -0.4 is 10.6 Å². The third kappa shape index (κ3) is 28.4. The van der Waals surface area contributed by atoms with Crippen LogP contribution in [0.5, 0.6) is 0 Å². The second-order valence-electron chi connectivity index (χ2n) is 21.4. The Labute approximate surface area is 405 Å². The highest BCUT2D eigenvalue weighted by Crippen LogP contribution is 2.45. The smallest absolute Gasteiger partial charge is 0.285 e. The van der Waals surface area contributed by atoms with Crippen LogP contribution >= 0.6 is 8.25 Å². The van der Waals surface area contributed by atoms with E-state index in [1.807, 2.05) is 0 Å². The van der Waals surface area contributed by atoms with E-state index in [1.54, 1.807) is 0 Å². The molecule has 8 unspecified atom stereocenters. The average molecular weight is 925 g/mol. The quantitative estimate of drug-likeness (QED) is 0.0470. The van der Waals surface area contributed by atoms with Gasteiger partial charge in [-0.3, -0.25) is 10.6 Å². The Kier molecular flexibility index (Phi) is 40.8. The van der Waals surface area contributed by atoms with Gasteiger partial charge in [-0.25, -0.2) is 0 Å². The van der Waals surface area contributed by atoms with Crippen LogP contribution in [0, 0.1) is 47.3 Å². The summed E-state index contributed by atoms with van der Waals surface area (Å²) < 4.78 is 29.6. The second kappa shape index (κ2) is 40.8. The minimum absolute atomic E-state index is 0.515. The zero-order valence-corrected chi connectivity index (χ0v) is 47.2. The van der Waals surface area contributed by atoms with Gasteiger partial charge < -0.3 is 0 Å². The van der Waals surface area contributed by atoms with E-state index in [-0.39, 0.29) is 0 Å². The molecule has 8 atom stereocenters. The van der Waals surface area contributed by atoms with E-state index in [1.165, 1.54) is 167 Å². The third-order valence-corrected chi connectivity index (χ3v) is 17.2. The standard InChI is InChI=1S/C58H120N2O3P/c1-15-29-35-49(21-7)41-55(42-50(22-8)36-30-16-2)45-57(27-13,59-47-53(25-11)39-33-19-5)62-64(61)63-58(28-14,60-48-54(26-12)40-34-20-6)46-56(43-51(23-9)37-31-17-3)44-52(24-10)38-32-18-4/h49-56,59-60H,15-48H2,1-14H3/q+1. The first kappa shape index (κ1) is 63.9. The fourth-order valence-corrected chi connectivity index (χ4v) is 12.2. The Morgan fingerprint density at radius 2 is 0.594 bits per heavy atom. The van der Waals surface area contributed by atoms with Gasteiger partial charge in [0.05, 0.1) is 0 Å². The van der Waals surface area contributed by atoms with Gasteiger partial charge in [0.2, 0.25) is 0 Å². The van der Waals surface area contributed by atoms with Gasteiger partial charge in [0.1, 0.15) is 0 Å². The summed E-state index contributed by atoms with van der Waals surface area (Å²) in [4.78, 5) is 0. The molecule has 0 amide bonds. The van der Waals surface area contributed by atoms with Crippen molar-refractivity contribution in [3.63, 3.8) is 0 Å². The van der Waals surface area contributed by atoms with Crippen LogP contribution in [0.3, 0.4) is 0 Å². The summed E-state index contributed by atoms with van der Waals surface area (Å²) in [5, 5.41) is 8.20. The van der Waals surface area contributed by atoms with Crippen LogP contribution in [0.4, 0.5) is 0 Å². The Morgan fingerprint density at radius 3 is 0.797 bits per heavy atom. The minimum Gasteiger partial charge on any atom is -0.285 e. The molecule has 0 spiro atoms. The molecule has 0 aromatic heterocycles. The number of hydrogen-bond donors (Lipinski definition) is 2.